The highest BCUT2D eigenvalue weighted by molar-refractivity contribution is 5.90. The van der Waals surface area contributed by atoms with Crippen LogP contribution in [0.2, 0.25) is 0 Å². The number of nitrogens with one attached hydrogen (secondary N) is 1. The van der Waals surface area contributed by atoms with Crippen molar-refractivity contribution in [3.05, 3.63) is 109 Å². The van der Waals surface area contributed by atoms with Crippen LogP contribution in [0.15, 0.2) is 91.6 Å². The van der Waals surface area contributed by atoms with Crippen molar-refractivity contribution in [2.45, 2.75) is 25.4 Å². The van der Waals surface area contributed by atoms with Gasteiger partial charge in [0.15, 0.2) is 0 Å². The Balaban J connectivity index is 1.13. The van der Waals surface area contributed by atoms with Crippen LogP contribution in [0.3, 0.4) is 0 Å². The molecule has 6 aromatic rings. The molecule has 5 aromatic heterocycles. The van der Waals surface area contributed by atoms with E-state index in [1.807, 2.05) is 24.4 Å². The maximum absolute atomic E-state index is 13.5. The van der Waals surface area contributed by atoms with E-state index in [1.54, 1.807) is 30.7 Å². The number of nitrogens with zero attached hydrogens (tertiary/aromatic N) is 8. The van der Waals surface area contributed by atoms with Gasteiger partial charge in [-0.3, -0.25) is 14.9 Å². The van der Waals surface area contributed by atoms with Gasteiger partial charge in [0.25, 0.3) is 0 Å². The third kappa shape index (κ3) is 5.91. The minimum atomic E-state index is -0.394. The van der Waals surface area contributed by atoms with Crippen molar-refractivity contribution in [2.24, 2.45) is 0 Å². The molecule has 0 bridgehead atoms. The van der Waals surface area contributed by atoms with Crippen molar-refractivity contribution < 1.29 is 4.39 Å². The predicted octanol–water partition coefficient (Wildman–Crippen LogP) is 5.58. The first kappa shape index (κ1) is 28.1. The fourth-order valence-corrected chi connectivity index (χ4v) is 5.84. The first-order valence-corrected chi connectivity index (χ1v) is 14.7. The van der Waals surface area contributed by atoms with Gasteiger partial charge in [-0.05, 0) is 60.4 Å². The summed E-state index contributed by atoms with van der Waals surface area (Å²) in [4.78, 5) is 23.8. The lowest BCUT2D eigenvalue weighted by Crippen LogP contribution is -2.38. The van der Waals surface area contributed by atoms with Crippen LogP contribution >= 0.6 is 0 Å². The molecule has 1 aliphatic rings. The second-order valence-corrected chi connectivity index (χ2v) is 11.0. The standard InChI is InChI=1S/C34H29FN10/c35-24-7-8-29(40-18-24)30-21-45-26(19-41-30)16-28(27-2-1-12-39-34(27)37)33(45)23-5-3-22(4-6-23)20-44-14-10-25(11-15-44)42-31-9-13-38-32(17-36)43-31/h1-9,12-13,16,18-19,21,25H,10-11,14-15,20H2,(H2,37,39)(H,38,42,43). The molecule has 0 atom stereocenters. The zero-order valence-electron chi connectivity index (χ0n) is 24.3. The number of anilines is 2. The van der Waals surface area contributed by atoms with E-state index < -0.39 is 5.82 Å². The summed E-state index contributed by atoms with van der Waals surface area (Å²) in [5.41, 5.74) is 13.4. The number of piperidine rings is 1. The Hall–Kier alpha value is -5.73. The number of rotatable bonds is 7. The van der Waals surface area contributed by atoms with Crippen LogP contribution in [0.1, 0.15) is 24.2 Å². The Morgan fingerprint density at radius 2 is 1.73 bits per heavy atom. The van der Waals surface area contributed by atoms with Gasteiger partial charge in [-0.25, -0.2) is 19.3 Å². The number of benzene rings is 1. The number of hydrogen-bond acceptors (Lipinski definition) is 9. The second kappa shape index (κ2) is 12.1. The van der Waals surface area contributed by atoms with Gasteiger partial charge in [0.1, 0.15) is 29.2 Å². The largest absolute Gasteiger partial charge is 0.383 e. The van der Waals surface area contributed by atoms with Gasteiger partial charge in [0.2, 0.25) is 5.82 Å². The molecule has 0 radical (unpaired) electrons. The van der Waals surface area contributed by atoms with Crippen molar-refractivity contribution in [3.63, 3.8) is 0 Å². The van der Waals surface area contributed by atoms with E-state index in [-0.39, 0.29) is 5.82 Å². The SMILES string of the molecule is N#Cc1nccc(NC2CCN(Cc3ccc(-c4c(-c5cccnc5N)cc5cnc(-c6ccc(F)cn6)cn45)cc3)CC2)n1. The second-order valence-electron chi connectivity index (χ2n) is 11.0. The van der Waals surface area contributed by atoms with E-state index in [0.29, 0.717) is 29.1 Å². The van der Waals surface area contributed by atoms with Crippen LogP contribution in [0, 0.1) is 17.1 Å². The molecule has 1 saturated heterocycles. The highest BCUT2D eigenvalue weighted by atomic mass is 19.1. The average molecular weight is 597 g/mol. The number of nitrogen functional groups attached to an aromatic ring is 1. The lowest BCUT2D eigenvalue weighted by atomic mass is 10.00. The normalized spacial score (nSPS) is 14.0. The molecule has 1 fully saturated rings. The predicted molar refractivity (Wildman–Crippen MR) is 170 cm³/mol. The molecule has 0 spiro atoms. The van der Waals surface area contributed by atoms with Crippen molar-refractivity contribution in [3.8, 4) is 39.8 Å². The van der Waals surface area contributed by atoms with Crippen LogP contribution in [-0.2, 0) is 6.54 Å². The molecular weight excluding hydrogens is 567 g/mol. The number of pyridine rings is 2. The maximum Gasteiger partial charge on any atom is 0.234 e. The Morgan fingerprint density at radius 3 is 2.49 bits per heavy atom. The summed E-state index contributed by atoms with van der Waals surface area (Å²) >= 11 is 0. The Morgan fingerprint density at radius 1 is 0.911 bits per heavy atom. The lowest BCUT2D eigenvalue weighted by Gasteiger charge is -2.32. The highest BCUT2D eigenvalue weighted by Gasteiger charge is 2.21. The number of nitriles is 1. The molecule has 0 aliphatic carbocycles. The lowest BCUT2D eigenvalue weighted by molar-refractivity contribution is 0.211. The zero-order valence-corrected chi connectivity index (χ0v) is 24.3. The van der Waals surface area contributed by atoms with E-state index in [4.69, 9.17) is 11.0 Å². The number of likely N-dealkylation sites (tertiary alicyclic amines) is 1. The van der Waals surface area contributed by atoms with Crippen LogP contribution in [0.25, 0.3) is 39.3 Å². The topological polar surface area (TPSA) is 134 Å². The van der Waals surface area contributed by atoms with E-state index in [9.17, 15) is 4.39 Å². The summed E-state index contributed by atoms with van der Waals surface area (Å²) in [7, 11) is 0. The third-order valence-electron chi connectivity index (χ3n) is 8.10. The smallest absolute Gasteiger partial charge is 0.234 e. The van der Waals surface area contributed by atoms with Gasteiger partial charge >= 0.3 is 0 Å². The first-order valence-electron chi connectivity index (χ1n) is 14.7. The van der Waals surface area contributed by atoms with Gasteiger partial charge in [-0.1, -0.05) is 24.3 Å². The van der Waals surface area contributed by atoms with E-state index >= 15 is 0 Å². The average Bonchev–Trinajstić information content (AvgIpc) is 3.45. The Bertz CT molecular complexity index is 2010. The molecule has 0 saturated carbocycles. The van der Waals surface area contributed by atoms with E-state index in [1.165, 1.54) is 17.8 Å². The monoisotopic (exact) mass is 596 g/mol. The molecule has 0 unspecified atom stereocenters. The number of halogens is 1. The summed E-state index contributed by atoms with van der Waals surface area (Å²) in [6, 6.07) is 21.6. The van der Waals surface area contributed by atoms with Gasteiger partial charge in [0, 0.05) is 55.4 Å². The number of aromatic nitrogens is 6. The van der Waals surface area contributed by atoms with Crippen LogP contribution in [0.5, 0.6) is 0 Å². The van der Waals surface area contributed by atoms with Crippen LogP contribution < -0.4 is 11.1 Å². The summed E-state index contributed by atoms with van der Waals surface area (Å²) in [5, 5.41) is 12.5. The van der Waals surface area contributed by atoms with Crippen LogP contribution in [-0.4, -0.2) is 53.4 Å². The van der Waals surface area contributed by atoms with Crippen molar-refractivity contribution in [1.29, 1.82) is 5.26 Å². The fraction of sp³-hybridized carbons (Fsp3) is 0.176. The molecule has 1 aromatic carbocycles. The summed E-state index contributed by atoms with van der Waals surface area (Å²) in [5.74, 6) is 0.918. The molecule has 222 valence electrons. The summed E-state index contributed by atoms with van der Waals surface area (Å²) in [6.45, 7) is 2.76. The van der Waals surface area contributed by atoms with E-state index in [2.05, 4.69) is 69.9 Å². The third-order valence-corrected chi connectivity index (χ3v) is 8.10. The van der Waals surface area contributed by atoms with Gasteiger partial charge in [0.05, 0.1) is 29.3 Å². The number of nitrogens with two attached hydrogens (primary N) is 1. The zero-order chi connectivity index (χ0) is 30.8. The fourth-order valence-electron chi connectivity index (χ4n) is 5.84. The molecule has 7 rings (SSSR count). The molecule has 45 heavy (non-hydrogen) atoms. The van der Waals surface area contributed by atoms with Crippen LogP contribution in [0.4, 0.5) is 16.0 Å². The van der Waals surface area contributed by atoms with Crippen molar-refractivity contribution in [1.82, 2.24) is 34.2 Å². The van der Waals surface area contributed by atoms with Gasteiger partial charge < -0.3 is 15.5 Å². The number of fused-ring (bicyclic) bond motifs is 1. The molecule has 3 N–H and O–H groups in total. The minimum Gasteiger partial charge on any atom is -0.383 e. The van der Waals surface area contributed by atoms with Crippen molar-refractivity contribution in [2.75, 3.05) is 24.1 Å². The van der Waals surface area contributed by atoms with Gasteiger partial charge in [-0.2, -0.15) is 5.26 Å². The molecule has 10 nitrogen and oxygen atoms in total. The maximum atomic E-state index is 13.5. The first-order chi connectivity index (χ1) is 22.0. The molecule has 11 heteroatoms. The Kier molecular flexibility index (Phi) is 7.55. The number of hydrogen-bond donors (Lipinski definition) is 2. The minimum absolute atomic E-state index is 0.173. The summed E-state index contributed by atoms with van der Waals surface area (Å²) < 4.78 is 15.6. The highest BCUT2D eigenvalue weighted by Crippen LogP contribution is 2.38. The molecule has 6 heterocycles. The molecule has 0 amide bonds. The van der Waals surface area contributed by atoms with Gasteiger partial charge in [-0.15, -0.1) is 0 Å². The quantitative estimate of drug-likeness (QED) is 0.242. The summed E-state index contributed by atoms with van der Waals surface area (Å²) in [6.07, 6.45) is 10.2. The Labute approximate surface area is 259 Å². The molecular formula is C34H29FN10. The van der Waals surface area contributed by atoms with Crippen molar-refractivity contribution >= 4 is 17.2 Å². The van der Waals surface area contributed by atoms with E-state index in [0.717, 1.165) is 60.4 Å². The molecule has 1 aliphatic heterocycles.